The van der Waals surface area contributed by atoms with E-state index in [2.05, 4.69) is 16.0 Å². The van der Waals surface area contributed by atoms with Gasteiger partial charge >= 0.3 is 0 Å². The molecule has 2 aromatic rings. The maximum absolute atomic E-state index is 13.3. The van der Waals surface area contributed by atoms with E-state index in [1.807, 2.05) is 19.1 Å². The number of halogens is 2. The quantitative estimate of drug-likeness (QED) is 0.320. The number of benzene rings is 2. The molecule has 0 aromatic heterocycles. The molecule has 0 heterocycles. The molecule has 3 atom stereocenters. The number of hydrogen-bond acceptors (Lipinski definition) is 4. The van der Waals surface area contributed by atoms with Gasteiger partial charge in [0.05, 0.1) is 0 Å². The number of amides is 3. The van der Waals surface area contributed by atoms with Crippen molar-refractivity contribution in [3.63, 3.8) is 0 Å². The van der Waals surface area contributed by atoms with Crippen LogP contribution in [0.25, 0.3) is 0 Å². The van der Waals surface area contributed by atoms with Crippen molar-refractivity contribution in [2.75, 3.05) is 0 Å². The second-order valence-electron chi connectivity index (χ2n) is 8.28. The van der Waals surface area contributed by atoms with Gasteiger partial charge in [-0.1, -0.05) is 72.6 Å². The summed E-state index contributed by atoms with van der Waals surface area (Å²) in [6, 6.07) is 10.7. The van der Waals surface area contributed by atoms with Crippen LogP contribution in [0.4, 0.5) is 0 Å². The summed E-state index contributed by atoms with van der Waals surface area (Å²) in [5.41, 5.74) is 1.51. The van der Waals surface area contributed by atoms with Crippen molar-refractivity contribution in [3.8, 4) is 0 Å². The lowest BCUT2D eigenvalue weighted by Gasteiger charge is -2.24. The van der Waals surface area contributed by atoms with Gasteiger partial charge in [-0.15, -0.1) is 0 Å². The summed E-state index contributed by atoms with van der Waals surface area (Å²) in [5.74, 6) is -1.48. The molecule has 0 radical (unpaired) electrons. The topological polar surface area (TPSA) is 111 Å². The van der Waals surface area contributed by atoms with Crippen LogP contribution in [0.3, 0.4) is 0 Å². The van der Waals surface area contributed by atoms with Gasteiger partial charge in [0.1, 0.15) is 17.9 Å². The van der Waals surface area contributed by atoms with E-state index in [9.17, 15) is 14.4 Å². The monoisotopic (exact) mass is 512 g/mol. The standard InChI is InChI=1S/C26H26Cl2N4O3/c1-15-5-3-7-19(13-15)24(29)32-26(35)23(18-6-4-8-21(28)14-18)31-25(34)22(30-16(2)33)17-9-11-20(27)12-10-17/h3-4,6-15,22-23H,5H2,1-2H3,(H,30,33)(H,31,34)(H2,29,32,35). The normalized spacial score (nSPS) is 16.5. The Hall–Kier alpha value is -3.42. The minimum atomic E-state index is -1.17. The fourth-order valence-electron chi connectivity index (χ4n) is 3.64. The van der Waals surface area contributed by atoms with Crippen LogP contribution < -0.4 is 16.0 Å². The molecule has 4 N–H and O–H groups in total. The maximum Gasteiger partial charge on any atom is 0.252 e. The predicted molar refractivity (Wildman–Crippen MR) is 137 cm³/mol. The zero-order valence-corrected chi connectivity index (χ0v) is 20.8. The Morgan fingerprint density at radius 3 is 2.26 bits per heavy atom. The molecule has 3 unspecified atom stereocenters. The molecule has 3 amide bonds. The first-order valence-corrected chi connectivity index (χ1v) is 11.8. The lowest BCUT2D eigenvalue weighted by atomic mass is 9.97. The highest BCUT2D eigenvalue weighted by molar-refractivity contribution is 6.31. The van der Waals surface area contributed by atoms with E-state index in [-0.39, 0.29) is 11.8 Å². The van der Waals surface area contributed by atoms with Crippen LogP contribution in [0.5, 0.6) is 0 Å². The average Bonchev–Trinajstić information content (AvgIpc) is 2.81. The molecule has 2 aromatic carbocycles. The van der Waals surface area contributed by atoms with Crippen LogP contribution in [0, 0.1) is 11.3 Å². The smallest absolute Gasteiger partial charge is 0.252 e. The highest BCUT2D eigenvalue weighted by Gasteiger charge is 2.29. The summed E-state index contributed by atoms with van der Waals surface area (Å²) >= 11 is 12.1. The van der Waals surface area contributed by atoms with Crippen LogP contribution >= 0.6 is 23.2 Å². The second-order valence-corrected chi connectivity index (χ2v) is 9.16. The van der Waals surface area contributed by atoms with E-state index >= 15 is 0 Å². The molecule has 0 bridgehead atoms. The molecule has 0 saturated heterocycles. The van der Waals surface area contributed by atoms with Gasteiger partial charge in [-0.25, -0.2) is 0 Å². The Kier molecular flexibility index (Phi) is 8.84. The number of amidine groups is 1. The largest absolute Gasteiger partial charge is 0.341 e. The molecule has 1 aliphatic rings. The summed E-state index contributed by atoms with van der Waals surface area (Å²) in [5, 5.41) is 17.1. The third-order valence-electron chi connectivity index (χ3n) is 5.35. The molecular weight excluding hydrogens is 487 g/mol. The molecule has 1 aliphatic carbocycles. The van der Waals surface area contributed by atoms with Crippen molar-refractivity contribution in [2.45, 2.75) is 32.4 Å². The van der Waals surface area contributed by atoms with Crippen molar-refractivity contribution in [1.82, 2.24) is 16.0 Å². The fourth-order valence-corrected chi connectivity index (χ4v) is 3.97. The zero-order chi connectivity index (χ0) is 25.5. The lowest BCUT2D eigenvalue weighted by Crippen LogP contribution is -2.47. The molecule has 35 heavy (non-hydrogen) atoms. The Labute approximate surface area is 214 Å². The average molecular weight is 513 g/mol. The number of hydrogen-bond donors (Lipinski definition) is 4. The van der Waals surface area contributed by atoms with E-state index in [1.165, 1.54) is 6.92 Å². The third kappa shape index (κ3) is 7.28. The maximum atomic E-state index is 13.3. The molecule has 9 heteroatoms. The summed E-state index contributed by atoms with van der Waals surface area (Å²) in [7, 11) is 0. The number of carbonyl (C=O) groups excluding carboxylic acids is 3. The van der Waals surface area contributed by atoms with Crippen molar-refractivity contribution in [2.24, 2.45) is 5.92 Å². The fraction of sp³-hybridized carbons (Fsp3) is 0.231. The van der Waals surface area contributed by atoms with Gasteiger partial charge in [0.15, 0.2) is 0 Å². The zero-order valence-electron chi connectivity index (χ0n) is 19.3. The molecule has 182 valence electrons. The van der Waals surface area contributed by atoms with Gasteiger partial charge in [0, 0.05) is 22.5 Å². The van der Waals surface area contributed by atoms with Crippen molar-refractivity contribution < 1.29 is 14.4 Å². The van der Waals surface area contributed by atoms with Crippen LogP contribution in [0.2, 0.25) is 10.0 Å². The second kappa shape index (κ2) is 11.8. The summed E-state index contributed by atoms with van der Waals surface area (Å²) in [6.07, 6.45) is 6.49. The highest BCUT2D eigenvalue weighted by Crippen LogP contribution is 2.22. The Morgan fingerprint density at radius 1 is 0.943 bits per heavy atom. The van der Waals surface area contributed by atoms with Gasteiger partial charge in [-0.2, -0.15) is 0 Å². The molecule has 3 rings (SSSR count). The number of carbonyl (C=O) groups is 3. The van der Waals surface area contributed by atoms with E-state index in [4.69, 9.17) is 28.6 Å². The van der Waals surface area contributed by atoms with Crippen LogP contribution in [-0.4, -0.2) is 23.6 Å². The third-order valence-corrected chi connectivity index (χ3v) is 5.84. The SMILES string of the molecule is CC(=O)NC(C(=O)NC(C(=O)NC(=N)C1=CC(C)CC=C1)c1cccc(Cl)c1)c1ccc(Cl)cc1. The number of nitrogens with one attached hydrogen (secondary N) is 4. The summed E-state index contributed by atoms with van der Waals surface area (Å²) in [6.45, 7) is 3.32. The van der Waals surface area contributed by atoms with Crippen molar-refractivity contribution in [1.29, 1.82) is 5.41 Å². The first-order chi connectivity index (χ1) is 16.6. The minimum Gasteiger partial charge on any atom is -0.341 e. The Morgan fingerprint density at radius 2 is 1.63 bits per heavy atom. The molecule has 0 fully saturated rings. The number of allylic oxidation sites excluding steroid dienone is 2. The van der Waals surface area contributed by atoms with Crippen LogP contribution in [0.15, 0.2) is 72.3 Å². The molecule has 0 aliphatic heterocycles. The van der Waals surface area contributed by atoms with Gasteiger partial charge < -0.3 is 16.0 Å². The van der Waals surface area contributed by atoms with Gasteiger partial charge in [-0.05, 0) is 47.7 Å². The molecule has 0 saturated carbocycles. The van der Waals surface area contributed by atoms with Crippen molar-refractivity contribution in [3.05, 3.63) is 93.5 Å². The van der Waals surface area contributed by atoms with E-state index in [0.717, 1.165) is 6.42 Å². The lowest BCUT2D eigenvalue weighted by molar-refractivity contribution is -0.131. The van der Waals surface area contributed by atoms with E-state index < -0.39 is 29.8 Å². The van der Waals surface area contributed by atoms with Crippen LogP contribution in [0.1, 0.15) is 43.5 Å². The molecule has 0 spiro atoms. The van der Waals surface area contributed by atoms with Gasteiger partial charge in [0.25, 0.3) is 5.91 Å². The van der Waals surface area contributed by atoms with E-state index in [1.54, 1.807) is 54.6 Å². The van der Waals surface area contributed by atoms with Gasteiger partial charge in [-0.3, -0.25) is 19.8 Å². The highest BCUT2D eigenvalue weighted by atomic mass is 35.5. The molecule has 7 nitrogen and oxygen atoms in total. The van der Waals surface area contributed by atoms with Crippen LogP contribution in [-0.2, 0) is 14.4 Å². The first-order valence-electron chi connectivity index (χ1n) is 11.0. The van der Waals surface area contributed by atoms with E-state index in [0.29, 0.717) is 26.7 Å². The minimum absolute atomic E-state index is 0.0739. The Bertz CT molecular complexity index is 1190. The summed E-state index contributed by atoms with van der Waals surface area (Å²) in [4.78, 5) is 38.4. The predicted octanol–water partition coefficient (Wildman–Crippen LogP) is 4.64. The number of rotatable bonds is 7. The molecular formula is C26H26Cl2N4O3. The van der Waals surface area contributed by atoms with Gasteiger partial charge in [0.2, 0.25) is 11.8 Å². The Balaban J connectivity index is 1.88. The summed E-state index contributed by atoms with van der Waals surface area (Å²) < 4.78 is 0. The first kappa shape index (κ1) is 26.2. The van der Waals surface area contributed by atoms with Crippen molar-refractivity contribution >= 4 is 46.8 Å².